The van der Waals surface area contributed by atoms with Gasteiger partial charge in [0, 0.05) is 35.8 Å². The van der Waals surface area contributed by atoms with Gasteiger partial charge in [-0.3, -0.25) is 9.69 Å². The maximum Gasteiger partial charge on any atom is 0.266 e. The highest BCUT2D eigenvalue weighted by Gasteiger charge is 2.34. The summed E-state index contributed by atoms with van der Waals surface area (Å²) in [5.74, 6) is 0.669. The van der Waals surface area contributed by atoms with E-state index >= 15 is 0 Å². The Morgan fingerprint density at radius 2 is 2.03 bits per heavy atom. The Kier molecular flexibility index (Phi) is 7.25. The molecule has 2 aromatic carbocycles. The van der Waals surface area contributed by atoms with E-state index in [1.165, 1.54) is 11.8 Å². The second kappa shape index (κ2) is 10.5. The van der Waals surface area contributed by atoms with E-state index in [0.717, 1.165) is 48.9 Å². The van der Waals surface area contributed by atoms with Crippen LogP contribution < -0.4 is 4.74 Å². The SMILES string of the molecule is O=C1/C(=C/c2cn(CCCOc3ccccc3Cl)c3ccccc23)SC(=S)N1C[C@@H]1CCCO1. The first-order chi connectivity index (χ1) is 16.6. The number of carbonyl (C=O) groups is 1. The van der Waals surface area contributed by atoms with Crippen LogP contribution in [0.2, 0.25) is 5.02 Å². The lowest BCUT2D eigenvalue weighted by molar-refractivity contribution is -0.123. The Morgan fingerprint density at radius 1 is 1.21 bits per heavy atom. The molecule has 8 heteroatoms. The summed E-state index contributed by atoms with van der Waals surface area (Å²) < 4.78 is 14.4. The Balaban J connectivity index is 1.30. The summed E-state index contributed by atoms with van der Waals surface area (Å²) in [5.41, 5.74) is 2.14. The van der Waals surface area contributed by atoms with Crippen LogP contribution in [0.3, 0.4) is 0 Å². The van der Waals surface area contributed by atoms with Crippen LogP contribution in [-0.4, -0.2) is 45.6 Å². The molecule has 5 nitrogen and oxygen atoms in total. The standard InChI is InChI=1S/C26H25ClN2O3S2/c27-21-9-2-4-11-23(21)32-14-6-12-28-16-18(20-8-1-3-10-22(20)28)15-24-25(30)29(26(33)34-24)17-19-7-5-13-31-19/h1-4,8-11,15-16,19H,5-7,12-14,17H2/b24-15-/t19-/m0/s1. The number of para-hydroxylation sites is 2. The van der Waals surface area contributed by atoms with Gasteiger partial charge in [-0.1, -0.05) is 65.9 Å². The zero-order chi connectivity index (χ0) is 23.5. The minimum Gasteiger partial charge on any atom is -0.492 e. The first-order valence-corrected chi connectivity index (χ1v) is 13.0. The monoisotopic (exact) mass is 512 g/mol. The molecule has 0 N–H and O–H groups in total. The molecule has 0 spiro atoms. The molecule has 2 aliphatic heterocycles. The normalized spacial score (nSPS) is 19.6. The summed E-state index contributed by atoms with van der Waals surface area (Å²) in [4.78, 5) is 15.4. The van der Waals surface area contributed by atoms with Gasteiger partial charge in [-0.15, -0.1) is 0 Å². The molecule has 1 amide bonds. The van der Waals surface area contributed by atoms with Gasteiger partial charge in [0.1, 0.15) is 10.1 Å². The van der Waals surface area contributed by atoms with Gasteiger partial charge in [0.2, 0.25) is 0 Å². The number of ether oxygens (including phenoxy) is 2. The van der Waals surface area contributed by atoms with E-state index in [1.54, 1.807) is 4.90 Å². The van der Waals surface area contributed by atoms with Crippen molar-refractivity contribution >= 4 is 62.8 Å². The van der Waals surface area contributed by atoms with Gasteiger partial charge in [0.25, 0.3) is 5.91 Å². The number of thiocarbonyl (C=S) groups is 1. The first kappa shape index (κ1) is 23.4. The zero-order valence-corrected chi connectivity index (χ0v) is 21.0. The third-order valence-corrected chi connectivity index (χ3v) is 7.72. The molecule has 176 valence electrons. The average Bonchev–Trinajstić information content (AvgIpc) is 3.54. The summed E-state index contributed by atoms with van der Waals surface area (Å²) in [7, 11) is 0. The van der Waals surface area contributed by atoms with Crippen LogP contribution in [0.4, 0.5) is 0 Å². The van der Waals surface area contributed by atoms with Crippen molar-refractivity contribution in [1.82, 2.24) is 9.47 Å². The molecule has 2 saturated heterocycles. The van der Waals surface area contributed by atoms with Gasteiger partial charge in [0.15, 0.2) is 0 Å². The van der Waals surface area contributed by atoms with E-state index in [2.05, 4.69) is 22.9 Å². The van der Waals surface area contributed by atoms with Crippen molar-refractivity contribution in [2.45, 2.75) is 31.9 Å². The highest BCUT2D eigenvalue weighted by Crippen LogP contribution is 2.35. The summed E-state index contributed by atoms with van der Waals surface area (Å²) in [5, 5.41) is 1.73. The molecule has 0 unspecified atom stereocenters. The van der Waals surface area contributed by atoms with Crippen LogP contribution in [-0.2, 0) is 16.1 Å². The Morgan fingerprint density at radius 3 is 2.85 bits per heavy atom. The van der Waals surface area contributed by atoms with Crippen LogP contribution in [0.1, 0.15) is 24.8 Å². The molecule has 34 heavy (non-hydrogen) atoms. The molecule has 2 fully saturated rings. The second-order valence-corrected chi connectivity index (χ2v) is 10.4. The van der Waals surface area contributed by atoms with Crippen LogP contribution >= 0.6 is 35.6 Å². The Bertz CT molecular complexity index is 1250. The van der Waals surface area contributed by atoms with Gasteiger partial charge in [-0.25, -0.2) is 0 Å². The lowest BCUT2D eigenvalue weighted by Crippen LogP contribution is -2.35. The highest BCUT2D eigenvalue weighted by atomic mass is 35.5. The van der Waals surface area contributed by atoms with E-state index in [9.17, 15) is 4.79 Å². The number of halogens is 1. The molecule has 0 radical (unpaired) electrons. The molecule has 0 aliphatic carbocycles. The number of thioether (sulfide) groups is 1. The minimum atomic E-state index is -0.0320. The number of hydrogen-bond acceptors (Lipinski definition) is 5. The molecule has 5 rings (SSSR count). The molecule has 1 aromatic heterocycles. The quantitative estimate of drug-likeness (QED) is 0.206. The van der Waals surface area contributed by atoms with Crippen LogP contribution in [0.5, 0.6) is 5.75 Å². The van der Waals surface area contributed by atoms with Crippen molar-refractivity contribution in [2.75, 3.05) is 19.8 Å². The Hall–Kier alpha value is -2.32. The van der Waals surface area contributed by atoms with E-state index in [-0.39, 0.29) is 12.0 Å². The number of fused-ring (bicyclic) bond motifs is 1. The molecular weight excluding hydrogens is 488 g/mol. The number of nitrogens with zero attached hydrogens (tertiary/aromatic N) is 2. The van der Waals surface area contributed by atoms with Crippen molar-refractivity contribution in [3.05, 3.63) is 70.2 Å². The Labute approximate surface area is 213 Å². The molecule has 0 bridgehead atoms. The largest absolute Gasteiger partial charge is 0.492 e. The number of amides is 1. The predicted molar refractivity (Wildman–Crippen MR) is 142 cm³/mol. The van der Waals surface area contributed by atoms with Gasteiger partial charge in [-0.05, 0) is 43.5 Å². The number of aromatic nitrogens is 1. The van der Waals surface area contributed by atoms with E-state index in [4.69, 9.17) is 33.3 Å². The van der Waals surface area contributed by atoms with E-state index < -0.39 is 0 Å². The lowest BCUT2D eigenvalue weighted by Gasteiger charge is -2.18. The fraction of sp³-hybridized carbons (Fsp3) is 0.308. The predicted octanol–water partition coefficient (Wildman–Crippen LogP) is 6.14. The first-order valence-electron chi connectivity index (χ1n) is 11.4. The number of benzene rings is 2. The van der Waals surface area contributed by atoms with Crippen molar-refractivity contribution in [3.8, 4) is 5.75 Å². The van der Waals surface area contributed by atoms with Crippen LogP contribution in [0, 0.1) is 0 Å². The topological polar surface area (TPSA) is 43.7 Å². The molecule has 0 saturated carbocycles. The lowest BCUT2D eigenvalue weighted by atomic mass is 10.1. The minimum absolute atomic E-state index is 0.0320. The van der Waals surface area contributed by atoms with Crippen molar-refractivity contribution < 1.29 is 14.3 Å². The second-order valence-electron chi connectivity index (χ2n) is 8.35. The molecular formula is C26H25ClN2O3S2. The summed E-state index contributed by atoms with van der Waals surface area (Å²) >= 11 is 13.1. The van der Waals surface area contributed by atoms with E-state index in [0.29, 0.717) is 33.1 Å². The van der Waals surface area contributed by atoms with Gasteiger partial charge in [-0.2, -0.15) is 0 Å². The van der Waals surface area contributed by atoms with Crippen molar-refractivity contribution in [2.24, 2.45) is 0 Å². The van der Waals surface area contributed by atoms with Crippen molar-refractivity contribution in [1.29, 1.82) is 0 Å². The third kappa shape index (κ3) is 5.03. The van der Waals surface area contributed by atoms with Gasteiger partial charge < -0.3 is 14.0 Å². The summed E-state index contributed by atoms with van der Waals surface area (Å²) in [6.07, 6.45) is 6.99. The van der Waals surface area contributed by atoms with Gasteiger partial charge in [0.05, 0.1) is 29.2 Å². The fourth-order valence-electron chi connectivity index (χ4n) is 4.34. The molecule has 1 atom stereocenters. The van der Waals surface area contributed by atoms with E-state index in [1.807, 2.05) is 42.5 Å². The smallest absolute Gasteiger partial charge is 0.266 e. The molecule has 3 aromatic rings. The summed E-state index contributed by atoms with van der Waals surface area (Å²) in [6.45, 7) is 2.65. The maximum absolute atomic E-state index is 13.1. The fourth-order valence-corrected chi connectivity index (χ4v) is 5.80. The third-order valence-electron chi connectivity index (χ3n) is 6.03. The highest BCUT2D eigenvalue weighted by molar-refractivity contribution is 8.26. The molecule has 3 heterocycles. The summed E-state index contributed by atoms with van der Waals surface area (Å²) in [6, 6.07) is 15.7. The number of rotatable bonds is 8. The number of carbonyl (C=O) groups excluding carboxylic acids is 1. The van der Waals surface area contributed by atoms with Crippen molar-refractivity contribution in [3.63, 3.8) is 0 Å². The maximum atomic E-state index is 13.1. The number of aryl methyl sites for hydroxylation is 1. The average molecular weight is 513 g/mol. The zero-order valence-electron chi connectivity index (χ0n) is 18.6. The van der Waals surface area contributed by atoms with Gasteiger partial charge >= 0.3 is 0 Å². The van der Waals surface area contributed by atoms with Crippen LogP contribution in [0.15, 0.2) is 59.6 Å². The number of hydrogen-bond donors (Lipinski definition) is 0. The van der Waals surface area contributed by atoms with Crippen LogP contribution in [0.25, 0.3) is 17.0 Å². The molecule has 2 aliphatic rings.